The predicted molar refractivity (Wildman–Crippen MR) is 96.9 cm³/mol. The Labute approximate surface area is 149 Å². The standard InChI is InChI=1S/C19H24O5S/c1-2-3-4-5-6-7-15-8-10-16(11-9-15)24-17-12-13-18(20)19(14-17)25(21,22)23/h8-14,20H,2-7H2,1H3,(H,21,22,23). The maximum Gasteiger partial charge on any atom is 0.298 e. The quantitative estimate of drug-likeness (QED) is 0.486. The zero-order valence-corrected chi connectivity index (χ0v) is 15.1. The Morgan fingerprint density at radius 2 is 1.56 bits per heavy atom. The third-order valence-corrected chi connectivity index (χ3v) is 4.82. The monoisotopic (exact) mass is 364 g/mol. The Morgan fingerprint density at radius 3 is 2.20 bits per heavy atom. The molecule has 2 N–H and O–H groups in total. The van der Waals surface area contributed by atoms with Crippen LogP contribution in [0.1, 0.15) is 44.6 Å². The molecule has 6 heteroatoms. The molecule has 0 aliphatic rings. The summed E-state index contributed by atoms with van der Waals surface area (Å²) in [6.45, 7) is 2.20. The van der Waals surface area contributed by atoms with Crippen molar-refractivity contribution in [3.63, 3.8) is 0 Å². The number of aromatic hydroxyl groups is 1. The molecule has 0 saturated heterocycles. The van der Waals surface area contributed by atoms with Crippen molar-refractivity contribution in [2.75, 3.05) is 0 Å². The molecule has 0 heterocycles. The molecule has 0 atom stereocenters. The molecule has 0 saturated carbocycles. The van der Waals surface area contributed by atoms with E-state index in [0.29, 0.717) is 5.75 Å². The van der Waals surface area contributed by atoms with E-state index >= 15 is 0 Å². The average Bonchev–Trinajstić information content (AvgIpc) is 2.57. The molecule has 136 valence electrons. The van der Waals surface area contributed by atoms with Crippen molar-refractivity contribution in [3.8, 4) is 17.2 Å². The van der Waals surface area contributed by atoms with Crippen molar-refractivity contribution in [3.05, 3.63) is 48.0 Å². The van der Waals surface area contributed by atoms with E-state index in [1.807, 2.05) is 24.3 Å². The van der Waals surface area contributed by atoms with Crippen molar-refractivity contribution in [2.24, 2.45) is 0 Å². The molecule has 0 bridgehead atoms. The van der Waals surface area contributed by atoms with Crippen LogP contribution >= 0.6 is 0 Å². The second-order valence-electron chi connectivity index (χ2n) is 6.01. The Kier molecular flexibility index (Phi) is 6.84. The van der Waals surface area contributed by atoms with Gasteiger partial charge >= 0.3 is 0 Å². The Balaban J connectivity index is 1.97. The van der Waals surface area contributed by atoms with E-state index in [4.69, 9.17) is 9.29 Å². The van der Waals surface area contributed by atoms with E-state index in [2.05, 4.69) is 6.92 Å². The van der Waals surface area contributed by atoms with E-state index in [9.17, 15) is 13.5 Å². The van der Waals surface area contributed by atoms with Crippen LogP contribution in [0.4, 0.5) is 0 Å². The molecular formula is C19H24O5S. The minimum Gasteiger partial charge on any atom is -0.506 e. The van der Waals surface area contributed by atoms with Crippen LogP contribution < -0.4 is 4.74 Å². The largest absolute Gasteiger partial charge is 0.506 e. The first kappa shape index (κ1) is 19.3. The molecule has 0 aromatic heterocycles. The van der Waals surface area contributed by atoms with Crippen LogP contribution in [0, 0.1) is 0 Å². The first-order valence-corrected chi connectivity index (χ1v) is 9.91. The summed E-state index contributed by atoms with van der Waals surface area (Å²) in [5, 5.41) is 9.51. The van der Waals surface area contributed by atoms with Gasteiger partial charge < -0.3 is 9.84 Å². The molecule has 5 nitrogen and oxygen atoms in total. The highest BCUT2D eigenvalue weighted by Gasteiger charge is 2.16. The lowest BCUT2D eigenvalue weighted by Crippen LogP contribution is -1.99. The second-order valence-corrected chi connectivity index (χ2v) is 7.40. The second kappa shape index (κ2) is 8.87. The summed E-state index contributed by atoms with van der Waals surface area (Å²) < 4.78 is 37.1. The maximum atomic E-state index is 11.2. The lowest BCUT2D eigenvalue weighted by molar-refractivity contribution is 0.435. The van der Waals surface area contributed by atoms with Gasteiger partial charge in [0.1, 0.15) is 22.1 Å². The lowest BCUT2D eigenvalue weighted by atomic mass is 10.1. The molecule has 0 spiro atoms. The number of hydrogen-bond acceptors (Lipinski definition) is 4. The number of aryl methyl sites for hydroxylation is 1. The summed E-state index contributed by atoms with van der Waals surface area (Å²) >= 11 is 0. The van der Waals surface area contributed by atoms with E-state index < -0.39 is 20.8 Å². The third kappa shape index (κ3) is 6.07. The molecule has 2 aromatic rings. The smallest absolute Gasteiger partial charge is 0.298 e. The first-order chi connectivity index (χ1) is 11.9. The summed E-state index contributed by atoms with van der Waals surface area (Å²) in [4.78, 5) is -0.575. The molecule has 0 fully saturated rings. The fourth-order valence-electron chi connectivity index (χ4n) is 2.56. The Morgan fingerprint density at radius 1 is 0.920 bits per heavy atom. The minimum atomic E-state index is -4.50. The number of benzene rings is 2. The lowest BCUT2D eigenvalue weighted by Gasteiger charge is -2.09. The van der Waals surface area contributed by atoms with Crippen LogP contribution in [0.2, 0.25) is 0 Å². The maximum absolute atomic E-state index is 11.2. The fraction of sp³-hybridized carbons (Fsp3) is 0.368. The molecule has 0 amide bonds. The normalized spacial score (nSPS) is 11.4. The predicted octanol–water partition coefficient (Wildman–Crippen LogP) is 4.94. The topological polar surface area (TPSA) is 83.8 Å². The van der Waals surface area contributed by atoms with Crippen LogP contribution in [0.3, 0.4) is 0 Å². The first-order valence-electron chi connectivity index (χ1n) is 8.47. The third-order valence-electron chi connectivity index (χ3n) is 3.94. The van der Waals surface area contributed by atoms with Crippen molar-refractivity contribution in [2.45, 2.75) is 50.3 Å². The number of ether oxygens (including phenoxy) is 1. The summed E-state index contributed by atoms with van der Waals surface area (Å²) in [7, 11) is -4.50. The highest BCUT2D eigenvalue weighted by Crippen LogP contribution is 2.30. The molecule has 2 rings (SSSR count). The molecule has 0 aliphatic heterocycles. The van der Waals surface area contributed by atoms with Crippen molar-refractivity contribution >= 4 is 10.1 Å². The van der Waals surface area contributed by atoms with Crippen LogP contribution in [-0.2, 0) is 16.5 Å². The van der Waals surface area contributed by atoms with Gasteiger partial charge in [0, 0.05) is 6.07 Å². The van der Waals surface area contributed by atoms with Gasteiger partial charge in [0.15, 0.2) is 0 Å². The van der Waals surface area contributed by atoms with Gasteiger partial charge in [0.2, 0.25) is 0 Å². The number of hydrogen-bond donors (Lipinski definition) is 2. The van der Waals surface area contributed by atoms with E-state index in [-0.39, 0.29) is 5.75 Å². The molecule has 0 unspecified atom stereocenters. The van der Waals surface area contributed by atoms with Crippen LogP contribution in [0.15, 0.2) is 47.4 Å². The van der Waals surface area contributed by atoms with Gasteiger partial charge in [0.05, 0.1) is 0 Å². The molecule has 0 aliphatic carbocycles. The summed E-state index contributed by atoms with van der Waals surface area (Å²) in [6, 6.07) is 11.3. The number of rotatable bonds is 9. The molecule has 0 radical (unpaired) electrons. The van der Waals surface area contributed by atoms with Gasteiger partial charge in [-0.1, -0.05) is 44.7 Å². The highest BCUT2D eigenvalue weighted by molar-refractivity contribution is 7.86. The van der Waals surface area contributed by atoms with Gasteiger partial charge in [-0.15, -0.1) is 0 Å². The average molecular weight is 364 g/mol. The minimum absolute atomic E-state index is 0.220. The van der Waals surface area contributed by atoms with Crippen LogP contribution in [0.25, 0.3) is 0 Å². The highest BCUT2D eigenvalue weighted by atomic mass is 32.2. The van der Waals surface area contributed by atoms with Crippen LogP contribution in [-0.4, -0.2) is 18.1 Å². The van der Waals surface area contributed by atoms with Crippen molar-refractivity contribution in [1.29, 1.82) is 0 Å². The summed E-state index contributed by atoms with van der Waals surface area (Å²) in [5.74, 6) is 0.257. The molecule has 2 aromatic carbocycles. The zero-order valence-electron chi connectivity index (χ0n) is 14.3. The van der Waals surface area contributed by atoms with Gasteiger partial charge in [-0.3, -0.25) is 4.55 Å². The van der Waals surface area contributed by atoms with Gasteiger partial charge in [-0.25, -0.2) is 0 Å². The van der Waals surface area contributed by atoms with Gasteiger partial charge in [-0.05, 0) is 42.7 Å². The van der Waals surface area contributed by atoms with Crippen molar-refractivity contribution in [1.82, 2.24) is 0 Å². The van der Waals surface area contributed by atoms with E-state index in [1.54, 1.807) is 0 Å². The fourth-order valence-corrected chi connectivity index (χ4v) is 3.15. The zero-order chi connectivity index (χ0) is 18.3. The van der Waals surface area contributed by atoms with Gasteiger partial charge in [-0.2, -0.15) is 8.42 Å². The van der Waals surface area contributed by atoms with E-state index in [0.717, 1.165) is 18.9 Å². The Hall–Kier alpha value is -2.05. The SMILES string of the molecule is CCCCCCCc1ccc(Oc2ccc(O)c(S(=O)(=O)O)c2)cc1. The number of phenolic OH excluding ortho intramolecular Hbond substituents is 1. The van der Waals surface area contributed by atoms with Gasteiger partial charge in [0.25, 0.3) is 10.1 Å². The molecule has 25 heavy (non-hydrogen) atoms. The Bertz CT molecular complexity index is 782. The van der Waals surface area contributed by atoms with E-state index in [1.165, 1.54) is 43.4 Å². The van der Waals surface area contributed by atoms with Crippen molar-refractivity contribution < 1.29 is 22.8 Å². The molecular weight excluding hydrogens is 340 g/mol. The van der Waals surface area contributed by atoms with Crippen LogP contribution in [0.5, 0.6) is 17.2 Å². The summed E-state index contributed by atoms with van der Waals surface area (Å²) in [5.41, 5.74) is 1.23. The number of unbranched alkanes of at least 4 members (excludes halogenated alkanes) is 4. The summed E-state index contributed by atoms with van der Waals surface area (Å²) in [6.07, 6.45) is 7.21. The number of phenols is 1.